The van der Waals surface area contributed by atoms with Gasteiger partial charge >= 0.3 is 5.97 Å². The van der Waals surface area contributed by atoms with E-state index in [1.54, 1.807) is 6.07 Å². The molecule has 5 nitrogen and oxygen atoms in total. The van der Waals surface area contributed by atoms with Crippen molar-refractivity contribution in [2.75, 3.05) is 6.61 Å². The number of carbonyl (C=O) groups excluding carboxylic acids is 2. The van der Waals surface area contributed by atoms with E-state index in [1.165, 1.54) is 5.56 Å². The molecule has 1 N–H and O–H groups in total. The molecule has 134 valence electrons. The predicted octanol–water partition coefficient (Wildman–Crippen LogP) is 3.47. The molecule has 0 saturated heterocycles. The molecule has 0 bridgehead atoms. The molecule has 0 spiro atoms. The van der Waals surface area contributed by atoms with E-state index in [0.29, 0.717) is 5.56 Å². The number of nitrogens with zero attached hydrogens (tertiary/aromatic N) is 1. The van der Waals surface area contributed by atoms with Crippen molar-refractivity contribution in [2.45, 2.75) is 47.1 Å². The molecule has 1 amide bonds. The Morgan fingerprint density at radius 2 is 1.80 bits per heavy atom. The summed E-state index contributed by atoms with van der Waals surface area (Å²) in [6.07, 6.45) is 0.831. The number of ether oxygens (including phenoxy) is 1. The Bertz CT molecular complexity index is 760. The Balaban J connectivity index is 2.12. The molecule has 0 fully saturated rings. The second kappa shape index (κ2) is 8.01. The monoisotopic (exact) mass is 342 g/mol. The Morgan fingerprint density at radius 3 is 2.40 bits per heavy atom. The Labute approximate surface area is 149 Å². The normalized spacial score (nSPS) is 11.9. The maximum Gasteiger partial charge on any atom is 0.340 e. The van der Waals surface area contributed by atoms with Crippen LogP contribution in [0.4, 0.5) is 0 Å². The zero-order valence-corrected chi connectivity index (χ0v) is 15.6. The quantitative estimate of drug-likeness (QED) is 0.818. The second-order valence-corrected chi connectivity index (χ2v) is 6.41. The van der Waals surface area contributed by atoms with Crippen LogP contribution in [0, 0.1) is 20.8 Å². The van der Waals surface area contributed by atoms with Gasteiger partial charge in [-0.2, -0.15) is 0 Å². The van der Waals surface area contributed by atoms with Gasteiger partial charge in [0.15, 0.2) is 6.61 Å². The van der Waals surface area contributed by atoms with E-state index in [0.717, 1.165) is 23.5 Å². The molecule has 1 atom stereocenters. The summed E-state index contributed by atoms with van der Waals surface area (Å²) in [5, 5.41) is 2.78. The van der Waals surface area contributed by atoms with Crippen LogP contribution in [0.5, 0.6) is 0 Å². The van der Waals surface area contributed by atoms with Gasteiger partial charge < -0.3 is 14.6 Å². The fourth-order valence-electron chi connectivity index (χ4n) is 2.69. The minimum Gasteiger partial charge on any atom is -0.452 e. The van der Waals surface area contributed by atoms with E-state index < -0.39 is 5.97 Å². The van der Waals surface area contributed by atoms with Gasteiger partial charge in [0.2, 0.25) is 0 Å². The number of hydrogen-bond donors (Lipinski definition) is 1. The van der Waals surface area contributed by atoms with Gasteiger partial charge in [0.1, 0.15) is 0 Å². The van der Waals surface area contributed by atoms with Gasteiger partial charge in [-0.1, -0.05) is 24.6 Å². The zero-order valence-electron chi connectivity index (χ0n) is 15.6. The summed E-state index contributed by atoms with van der Waals surface area (Å²) in [5.41, 5.74) is 4.40. The van der Waals surface area contributed by atoms with Crippen LogP contribution in [-0.4, -0.2) is 29.1 Å². The molecule has 0 aliphatic carbocycles. The van der Waals surface area contributed by atoms with Crippen LogP contribution in [0.25, 0.3) is 5.69 Å². The molecule has 1 heterocycles. The third-order valence-electron chi connectivity index (χ3n) is 4.30. The number of aryl methyl sites for hydroxylation is 2. The van der Waals surface area contributed by atoms with Crippen LogP contribution in [0.15, 0.2) is 30.3 Å². The first-order chi connectivity index (χ1) is 11.8. The Morgan fingerprint density at radius 1 is 1.16 bits per heavy atom. The van der Waals surface area contributed by atoms with E-state index in [-0.39, 0.29) is 18.6 Å². The third kappa shape index (κ3) is 4.50. The van der Waals surface area contributed by atoms with E-state index in [2.05, 4.69) is 5.32 Å². The van der Waals surface area contributed by atoms with Crippen LogP contribution in [0.3, 0.4) is 0 Å². The molecule has 5 heteroatoms. The highest BCUT2D eigenvalue weighted by Crippen LogP contribution is 2.21. The van der Waals surface area contributed by atoms with Gasteiger partial charge in [0, 0.05) is 23.1 Å². The number of hydrogen-bond acceptors (Lipinski definition) is 3. The number of benzene rings is 1. The van der Waals surface area contributed by atoms with Gasteiger partial charge in [0.25, 0.3) is 5.91 Å². The first-order valence-corrected chi connectivity index (χ1v) is 8.56. The topological polar surface area (TPSA) is 60.3 Å². The highest BCUT2D eigenvalue weighted by molar-refractivity contribution is 5.93. The largest absolute Gasteiger partial charge is 0.452 e. The van der Waals surface area contributed by atoms with E-state index in [9.17, 15) is 9.59 Å². The molecule has 0 radical (unpaired) electrons. The summed E-state index contributed by atoms with van der Waals surface area (Å²) in [6.45, 7) is 9.48. The average molecular weight is 342 g/mol. The fraction of sp³-hybridized carbons (Fsp3) is 0.400. The first-order valence-electron chi connectivity index (χ1n) is 8.56. The van der Waals surface area contributed by atoms with E-state index >= 15 is 0 Å². The molecular weight excluding hydrogens is 316 g/mol. The van der Waals surface area contributed by atoms with Crippen molar-refractivity contribution in [3.8, 4) is 5.69 Å². The van der Waals surface area contributed by atoms with Crippen LogP contribution in [0.1, 0.15) is 47.6 Å². The molecule has 25 heavy (non-hydrogen) atoms. The Kier molecular flexibility index (Phi) is 6.02. The number of rotatable bonds is 6. The molecule has 1 aromatic carbocycles. The second-order valence-electron chi connectivity index (χ2n) is 6.41. The number of nitrogens with one attached hydrogen (secondary N) is 1. The zero-order chi connectivity index (χ0) is 18.6. The first kappa shape index (κ1) is 18.8. The smallest absolute Gasteiger partial charge is 0.340 e. The van der Waals surface area contributed by atoms with Gasteiger partial charge in [-0.3, -0.25) is 4.79 Å². The highest BCUT2D eigenvalue weighted by Gasteiger charge is 2.19. The molecule has 0 saturated carbocycles. The third-order valence-corrected chi connectivity index (χ3v) is 4.30. The minimum absolute atomic E-state index is 0.0674. The lowest BCUT2D eigenvalue weighted by Gasteiger charge is -2.12. The summed E-state index contributed by atoms with van der Waals surface area (Å²) >= 11 is 0. The van der Waals surface area contributed by atoms with Crippen molar-refractivity contribution >= 4 is 11.9 Å². The number of carbonyl (C=O) groups is 2. The standard InChI is InChI=1S/C20H26N2O3/c1-6-14(3)21-19(23)12-25-20(24)18-11-15(4)22(16(18)5)17-9-7-13(2)8-10-17/h7-11,14H,6,12H2,1-5H3,(H,21,23)/t14-/m1/s1. The lowest BCUT2D eigenvalue weighted by atomic mass is 10.2. The summed E-state index contributed by atoms with van der Waals surface area (Å²) < 4.78 is 7.18. The van der Waals surface area contributed by atoms with Crippen molar-refractivity contribution in [2.24, 2.45) is 0 Å². The maximum absolute atomic E-state index is 12.4. The fourth-order valence-corrected chi connectivity index (χ4v) is 2.69. The molecule has 0 aliphatic rings. The van der Waals surface area contributed by atoms with Crippen LogP contribution in [0.2, 0.25) is 0 Å². The van der Waals surface area contributed by atoms with Crippen molar-refractivity contribution in [1.29, 1.82) is 0 Å². The molecule has 0 unspecified atom stereocenters. The number of amides is 1. The molecule has 2 aromatic rings. The van der Waals surface area contributed by atoms with Gasteiger partial charge in [-0.25, -0.2) is 4.79 Å². The molecule has 1 aromatic heterocycles. The van der Waals surface area contributed by atoms with Gasteiger partial charge in [-0.15, -0.1) is 0 Å². The van der Waals surface area contributed by atoms with Crippen LogP contribution in [-0.2, 0) is 9.53 Å². The van der Waals surface area contributed by atoms with Crippen molar-refractivity contribution in [3.63, 3.8) is 0 Å². The van der Waals surface area contributed by atoms with E-state index in [4.69, 9.17) is 4.74 Å². The van der Waals surface area contributed by atoms with Gasteiger partial charge in [-0.05, 0) is 52.3 Å². The Hall–Kier alpha value is -2.56. The summed E-state index contributed by atoms with van der Waals surface area (Å²) in [5.74, 6) is -0.763. The molecule has 2 rings (SSSR count). The van der Waals surface area contributed by atoms with Gasteiger partial charge in [0.05, 0.1) is 5.56 Å². The van der Waals surface area contributed by atoms with Crippen molar-refractivity contribution < 1.29 is 14.3 Å². The average Bonchev–Trinajstić information content (AvgIpc) is 2.88. The van der Waals surface area contributed by atoms with E-state index in [1.807, 2.05) is 63.5 Å². The lowest BCUT2D eigenvalue weighted by Crippen LogP contribution is -2.35. The van der Waals surface area contributed by atoms with Crippen LogP contribution < -0.4 is 5.32 Å². The van der Waals surface area contributed by atoms with Crippen molar-refractivity contribution in [3.05, 3.63) is 52.8 Å². The SMILES string of the molecule is CC[C@@H](C)NC(=O)COC(=O)c1cc(C)n(-c2ccc(C)cc2)c1C. The minimum atomic E-state index is -0.481. The lowest BCUT2D eigenvalue weighted by molar-refractivity contribution is -0.124. The molecular formula is C20H26N2O3. The predicted molar refractivity (Wildman–Crippen MR) is 98.2 cm³/mol. The summed E-state index contributed by atoms with van der Waals surface area (Å²) in [7, 11) is 0. The number of aromatic nitrogens is 1. The maximum atomic E-state index is 12.4. The summed E-state index contributed by atoms with van der Waals surface area (Å²) in [6, 6.07) is 9.97. The summed E-state index contributed by atoms with van der Waals surface area (Å²) in [4.78, 5) is 24.1. The molecule has 0 aliphatic heterocycles. The van der Waals surface area contributed by atoms with Crippen LogP contribution >= 0.6 is 0 Å². The number of esters is 1. The van der Waals surface area contributed by atoms with Crippen molar-refractivity contribution in [1.82, 2.24) is 9.88 Å². The highest BCUT2D eigenvalue weighted by atomic mass is 16.5.